The van der Waals surface area contributed by atoms with E-state index in [0.29, 0.717) is 41.7 Å². The van der Waals surface area contributed by atoms with Gasteiger partial charge >= 0.3 is 0 Å². The molecule has 0 radical (unpaired) electrons. The lowest BCUT2D eigenvalue weighted by Gasteiger charge is -2.30. The van der Waals surface area contributed by atoms with Crippen LogP contribution in [0.5, 0.6) is 17.2 Å². The summed E-state index contributed by atoms with van der Waals surface area (Å²) < 4.78 is 17.0. The van der Waals surface area contributed by atoms with Crippen molar-refractivity contribution in [3.8, 4) is 23.3 Å². The van der Waals surface area contributed by atoms with E-state index in [4.69, 9.17) is 14.2 Å². The van der Waals surface area contributed by atoms with Crippen molar-refractivity contribution in [2.45, 2.75) is 53.6 Å². The Hall–Kier alpha value is -3.99. The predicted molar refractivity (Wildman–Crippen MR) is 140 cm³/mol. The van der Waals surface area contributed by atoms with E-state index in [1.165, 1.54) is 6.08 Å². The van der Waals surface area contributed by atoms with Crippen molar-refractivity contribution in [1.82, 2.24) is 4.90 Å². The molecule has 0 aromatic heterocycles. The number of benzene rings is 2. The maximum atomic E-state index is 12.8. The first-order chi connectivity index (χ1) is 17.2. The minimum absolute atomic E-state index is 0.0519. The van der Waals surface area contributed by atoms with Gasteiger partial charge in [-0.25, -0.2) is 0 Å². The Morgan fingerprint density at radius 3 is 2.19 bits per heavy atom. The van der Waals surface area contributed by atoms with Crippen LogP contribution in [0.25, 0.3) is 6.08 Å². The van der Waals surface area contributed by atoms with Gasteiger partial charge in [0.25, 0.3) is 11.8 Å². The summed E-state index contributed by atoms with van der Waals surface area (Å²) in [6, 6.07) is 14.1. The lowest BCUT2D eigenvalue weighted by molar-refractivity contribution is -0.137. The SMILES string of the molecule is CCOc1ccccc1NC(=O)/C(C#N)=C/c1ccc(OCC(=O)N(C(C)C)C(C)C)c(OCC)c1. The van der Waals surface area contributed by atoms with Gasteiger partial charge in [0, 0.05) is 12.1 Å². The van der Waals surface area contributed by atoms with Crippen LogP contribution in [-0.2, 0) is 9.59 Å². The quantitative estimate of drug-likeness (QED) is 0.328. The molecule has 8 heteroatoms. The van der Waals surface area contributed by atoms with E-state index in [-0.39, 0.29) is 30.2 Å². The van der Waals surface area contributed by atoms with Crippen molar-refractivity contribution in [2.75, 3.05) is 25.1 Å². The molecule has 2 aromatic rings. The molecule has 2 rings (SSSR count). The third-order valence-electron chi connectivity index (χ3n) is 5.13. The van der Waals surface area contributed by atoms with Gasteiger partial charge in [-0.1, -0.05) is 18.2 Å². The number of carbonyl (C=O) groups is 2. The Morgan fingerprint density at radius 1 is 0.944 bits per heavy atom. The topological polar surface area (TPSA) is 101 Å². The molecule has 0 heterocycles. The number of hydrogen-bond acceptors (Lipinski definition) is 6. The zero-order valence-electron chi connectivity index (χ0n) is 21.8. The normalized spacial score (nSPS) is 11.1. The van der Waals surface area contributed by atoms with Crippen LogP contribution in [0.2, 0.25) is 0 Å². The number of hydrogen-bond donors (Lipinski definition) is 1. The number of carbonyl (C=O) groups excluding carboxylic acids is 2. The van der Waals surface area contributed by atoms with Crippen molar-refractivity contribution in [2.24, 2.45) is 0 Å². The van der Waals surface area contributed by atoms with Crippen LogP contribution in [0.15, 0.2) is 48.0 Å². The van der Waals surface area contributed by atoms with Crippen LogP contribution in [0.4, 0.5) is 5.69 Å². The van der Waals surface area contributed by atoms with Crippen molar-refractivity contribution in [3.63, 3.8) is 0 Å². The summed E-state index contributed by atoms with van der Waals surface area (Å²) in [5.74, 6) is 0.662. The Bertz CT molecular complexity index is 1110. The van der Waals surface area contributed by atoms with E-state index in [2.05, 4.69) is 5.32 Å². The van der Waals surface area contributed by atoms with Crippen LogP contribution in [0, 0.1) is 11.3 Å². The van der Waals surface area contributed by atoms with E-state index in [9.17, 15) is 14.9 Å². The zero-order valence-corrected chi connectivity index (χ0v) is 21.8. The number of anilines is 1. The maximum Gasteiger partial charge on any atom is 0.266 e. The third kappa shape index (κ3) is 7.77. The fraction of sp³-hybridized carbons (Fsp3) is 0.393. The second-order valence-electron chi connectivity index (χ2n) is 8.47. The minimum atomic E-state index is -0.559. The van der Waals surface area contributed by atoms with Gasteiger partial charge < -0.3 is 24.4 Å². The number of nitriles is 1. The first-order valence-corrected chi connectivity index (χ1v) is 12.1. The molecule has 0 unspecified atom stereocenters. The number of amides is 2. The van der Waals surface area contributed by atoms with Crippen molar-refractivity contribution >= 4 is 23.6 Å². The summed E-state index contributed by atoms with van der Waals surface area (Å²) in [6.45, 7) is 12.2. The van der Waals surface area contributed by atoms with Gasteiger partial charge in [-0.2, -0.15) is 5.26 Å². The zero-order chi connectivity index (χ0) is 26.7. The molecule has 1 N–H and O–H groups in total. The minimum Gasteiger partial charge on any atom is -0.492 e. The van der Waals surface area contributed by atoms with E-state index in [1.807, 2.05) is 47.6 Å². The summed E-state index contributed by atoms with van der Waals surface area (Å²) in [5.41, 5.74) is 0.968. The molecule has 0 fully saturated rings. The second kappa shape index (κ2) is 13.8. The van der Waals surface area contributed by atoms with Crippen LogP contribution in [0.1, 0.15) is 47.1 Å². The summed E-state index contributed by atoms with van der Waals surface area (Å²) in [6.07, 6.45) is 1.47. The predicted octanol–water partition coefficient (Wildman–Crippen LogP) is 5.05. The lowest BCUT2D eigenvalue weighted by atomic mass is 10.1. The Balaban J connectivity index is 2.23. The number of nitrogens with zero attached hydrogens (tertiary/aromatic N) is 2. The summed E-state index contributed by atoms with van der Waals surface area (Å²) in [7, 11) is 0. The molecule has 2 aromatic carbocycles. The highest BCUT2D eigenvalue weighted by Crippen LogP contribution is 2.30. The van der Waals surface area contributed by atoms with Gasteiger partial charge in [0.15, 0.2) is 18.1 Å². The van der Waals surface area contributed by atoms with Gasteiger partial charge in [-0.15, -0.1) is 0 Å². The van der Waals surface area contributed by atoms with Gasteiger partial charge in [-0.3, -0.25) is 9.59 Å². The average molecular weight is 494 g/mol. The van der Waals surface area contributed by atoms with Gasteiger partial charge in [0.05, 0.1) is 18.9 Å². The average Bonchev–Trinajstić information content (AvgIpc) is 2.83. The largest absolute Gasteiger partial charge is 0.492 e. The molecule has 192 valence electrons. The molecule has 8 nitrogen and oxygen atoms in total. The highest BCUT2D eigenvalue weighted by Gasteiger charge is 2.21. The fourth-order valence-corrected chi connectivity index (χ4v) is 3.74. The first kappa shape index (κ1) is 28.2. The molecular weight excluding hydrogens is 458 g/mol. The number of ether oxygens (including phenoxy) is 3. The molecule has 0 aliphatic carbocycles. The Morgan fingerprint density at radius 2 is 1.58 bits per heavy atom. The summed E-state index contributed by atoms with van der Waals surface area (Å²) in [4.78, 5) is 27.2. The standard InChI is InChI=1S/C28H35N3O5/c1-7-34-24-12-10-9-11-23(24)30-28(33)22(17-29)15-21-13-14-25(26(16-21)35-8-2)36-18-27(32)31(19(3)4)20(5)6/h9-16,19-20H,7-8,18H2,1-6H3,(H,30,33)/b22-15+. The summed E-state index contributed by atoms with van der Waals surface area (Å²) >= 11 is 0. The Labute approximate surface area is 213 Å². The molecule has 36 heavy (non-hydrogen) atoms. The van der Waals surface area contributed by atoms with Crippen molar-refractivity contribution in [1.29, 1.82) is 5.26 Å². The summed E-state index contributed by atoms with van der Waals surface area (Å²) in [5, 5.41) is 12.3. The van der Waals surface area contributed by atoms with Gasteiger partial charge in [0.2, 0.25) is 0 Å². The van der Waals surface area contributed by atoms with E-state index < -0.39 is 5.91 Å². The van der Waals surface area contributed by atoms with E-state index in [0.717, 1.165) is 0 Å². The molecule has 0 saturated carbocycles. The van der Waals surface area contributed by atoms with Crippen molar-refractivity contribution < 1.29 is 23.8 Å². The second-order valence-corrected chi connectivity index (χ2v) is 8.47. The monoisotopic (exact) mass is 493 g/mol. The van der Waals surface area contributed by atoms with Gasteiger partial charge in [0.1, 0.15) is 17.4 Å². The van der Waals surface area contributed by atoms with Crippen LogP contribution >= 0.6 is 0 Å². The third-order valence-corrected chi connectivity index (χ3v) is 5.13. The molecule has 0 bridgehead atoms. The number of nitrogens with one attached hydrogen (secondary N) is 1. The molecule has 0 aliphatic rings. The van der Waals surface area contributed by atoms with Crippen LogP contribution in [-0.4, -0.2) is 48.6 Å². The van der Waals surface area contributed by atoms with Crippen molar-refractivity contribution in [3.05, 3.63) is 53.6 Å². The Kier molecular flexibility index (Phi) is 10.8. The molecule has 2 amide bonds. The smallest absolute Gasteiger partial charge is 0.266 e. The molecular formula is C28H35N3O5. The number of rotatable bonds is 12. The van der Waals surface area contributed by atoms with Gasteiger partial charge in [-0.05, 0) is 77.4 Å². The lowest BCUT2D eigenvalue weighted by Crippen LogP contribution is -2.44. The van der Waals surface area contributed by atoms with Crippen LogP contribution < -0.4 is 19.5 Å². The molecule has 0 spiro atoms. The number of para-hydroxylation sites is 2. The van der Waals surface area contributed by atoms with Crippen LogP contribution in [0.3, 0.4) is 0 Å². The maximum absolute atomic E-state index is 12.8. The van der Waals surface area contributed by atoms with E-state index in [1.54, 1.807) is 47.4 Å². The highest BCUT2D eigenvalue weighted by molar-refractivity contribution is 6.10. The first-order valence-electron chi connectivity index (χ1n) is 12.1. The fourth-order valence-electron chi connectivity index (χ4n) is 3.74. The van der Waals surface area contributed by atoms with E-state index >= 15 is 0 Å². The molecule has 0 aliphatic heterocycles. The molecule has 0 saturated heterocycles. The highest BCUT2D eigenvalue weighted by atomic mass is 16.5. The molecule has 0 atom stereocenters.